The maximum absolute atomic E-state index is 13.6. The highest BCUT2D eigenvalue weighted by atomic mass is 32.2. The summed E-state index contributed by atoms with van der Waals surface area (Å²) < 4.78 is 5.53. The van der Waals surface area contributed by atoms with Crippen LogP contribution in [-0.2, 0) is 0 Å². The monoisotopic (exact) mass is 491 g/mol. The molecular weight excluding hydrogens is 466 g/mol. The number of thiazole rings is 1. The number of fused-ring (bicyclic) bond motifs is 1. The van der Waals surface area contributed by atoms with Crippen molar-refractivity contribution >= 4 is 45.9 Å². The van der Waals surface area contributed by atoms with Gasteiger partial charge in [-0.05, 0) is 44.0 Å². The van der Waals surface area contributed by atoms with Crippen molar-refractivity contribution in [1.82, 2.24) is 15.2 Å². The molecule has 6 nitrogen and oxygen atoms in total. The third kappa shape index (κ3) is 4.23. The van der Waals surface area contributed by atoms with Crippen molar-refractivity contribution in [3.8, 4) is 10.4 Å². The second kappa shape index (κ2) is 9.27. The van der Waals surface area contributed by atoms with Gasteiger partial charge in [0, 0.05) is 17.7 Å². The average molecular weight is 492 g/mol. The van der Waals surface area contributed by atoms with Crippen molar-refractivity contribution in [3.05, 3.63) is 76.1 Å². The Morgan fingerprint density at radius 3 is 2.82 bits per heavy atom. The number of hydrogen-bond acceptors (Lipinski definition) is 6. The number of carbonyl (C=O) groups is 2. The lowest BCUT2D eigenvalue weighted by molar-refractivity contribution is 0.0732. The van der Waals surface area contributed by atoms with Gasteiger partial charge >= 0.3 is 0 Å². The van der Waals surface area contributed by atoms with E-state index < -0.39 is 0 Å². The van der Waals surface area contributed by atoms with Crippen LogP contribution in [0.3, 0.4) is 0 Å². The molecule has 1 N–H and O–H groups in total. The lowest BCUT2D eigenvalue weighted by Crippen LogP contribution is -2.44. The molecule has 0 unspecified atom stereocenters. The number of benzene rings is 2. The predicted octanol–water partition coefficient (Wildman–Crippen LogP) is 5.43. The summed E-state index contributed by atoms with van der Waals surface area (Å²) in [4.78, 5) is 33.9. The number of nitrogens with zero attached hydrogens (tertiary/aromatic N) is 2. The van der Waals surface area contributed by atoms with E-state index in [0.717, 1.165) is 37.7 Å². The Kier molecular flexibility index (Phi) is 6.18. The van der Waals surface area contributed by atoms with Crippen LogP contribution in [0.2, 0.25) is 0 Å². The number of nitrogens with one attached hydrogen (secondary N) is 1. The molecule has 1 aliphatic heterocycles. The first-order valence-electron chi connectivity index (χ1n) is 11.1. The summed E-state index contributed by atoms with van der Waals surface area (Å²) in [6.07, 6.45) is 1.66. The van der Waals surface area contributed by atoms with Gasteiger partial charge in [-0.25, -0.2) is 4.98 Å². The van der Waals surface area contributed by atoms with Crippen molar-refractivity contribution in [2.45, 2.75) is 26.8 Å². The number of aromatic nitrogens is 1. The fourth-order valence-corrected chi connectivity index (χ4v) is 6.41. The molecule has 8 heteroatoms. The first-order chi connectivity index (χ1) is 16.4. The van der Waals surface area contributed by atoms with E-state index in [2.05, 4.69) is 16.4 Å². The van der Waals surface area contributed by atoms with Gasteiger partial charge in [0.05, 0.1) is 33.6 Å². The van der Waals surface area contributed by atoms with Crippen LogP contribution in [-0.4, -0.2) is 45.9 Å². The zero-order valence-electron chi connectivity index (χ0n) is 19.3. The fourth-order valence-electron chi connectivity index (χ4n) is 4.31. The number of carbonyl (C=O) groups excluding carboxylic acids is 2. The maximum atomic E-state index is 13.6. The van der Waals surface area contributed by atoms with Crippen molar-refractivity contribution < 1.29 is 14.0 Å². The standard InChI is InChI=1S/C26H25N3O3S2/c1-15-6-4-7-18(10-15)24-23(28-17(3)34-24)26(31)29-14-33-13-19(29)11-27-25(30)20-8-5-9-21-22(20)16(2)12-32-21/h4-10,12,19H,11,13-14H2,1-3H3,(H,27,30)/t19-/m1/s1. The Labute approximate surface area is 206 Å². The van der Waals surface area contributed by atoms with E-state index in [1.807, 2.05) is 56.0 Å². The molecule has 1 aliphatic rings. The molecule has 1 fully saturated rings. The number of furan rings is 1. The van der Waals surface area contributed by atoms with Crippen LogP contribution >= 0.6 is 23.1 Å². The van der Waals surface area contributed by atoms with Crippen molar-refractivity contribution in [3.63, 3.8) is 0 Å². The molecular formula is C26H25N3O3S2. The Balaban J connectivity index is 1.34. The van der Waals surface area contributed by atoms with Gasteiger partial charge in [-0.1, -0.05) is 35.9 Å². The molecule has 4 aromatic rings. The van der Waals surface area contributed by atoms with E-state index in [0.29, 0.717) is 29.3 Å². The van der Waals surface area contributed by atoms with Gasteiger partial charge < -0.3 is 14.6 Å². The van der Waals surface area contributed by atoms with Gasteiger partial charge in [-0.3, -0.25) is 9.59 Å². The molecule has 2 aromatic carbocycles. The smallest absolute Gasteiger partial charge is 0.275 e. The van der Waals surface area contributed by atoms with Crippen molar-refractivity contribution in [2.75, 3.05) is 18.2 Å². The molecule has 174 valence electrons. The van der Waals surface area contributed by atoms with Gasteiger partial charge in [0.25, 0.3) is 11.8 Å². The third-order valence-corrected chi connectivity index (χ3v) is 8.09. The summed E-state index contributed by atoms with van der Waals surface area (Å²) in [5.74, 6) is 1.10. The van der Waals surface area contributed by atoms with Crippen LogP contribution in [0.25, 0.3) is 21.4 Å². The minimum absolute atomic E-state index is 0.0853. The first kappa shape index (κ1) is 22.7. The minimum atomic E-state index is -0.163. The van der Waals surface area contributed by atoms with Crippen LogP contribution in [0.4, 0.5) is 0 Å². The van der Waals surface area contributed by atoms with Gasteiger partial charge in [0.15, 0.2) is 0 Å². The lowest BCUT2D eigenvalue weighted by Gasteiger charge is -2.24. The molecule has 2 amide bonds. The Bertz CT molecular complexity index is 1390. The molecule has 3 heterocycles. The average Bonchev–Trinajstić information content (AvgIpc) is 3.55. The van der Waals surface area contributed by atoms with Gasteiger partial charge in [0.2, 0.25) is 0 Å². The topological polar surface area (TPSA) is 75.4 Å². The molecule has 1 saturated heterocycles. The highest BCUT2D eigenvalue weighted by molar-refractivity contribution is 7.99. The summed E-state index contributed by atoms with van der Waals surface area (Å²) in [5.41, 5.74) is 4.85. The van der Waals surface area contributed by atoms with E-state index in [-0.39, 0.29) is 17.9 Å². The van der Waals surface area contributed by atoms with E-state index in [1.165, 1.54) is 11.3 Å². The molecule has 0 spiro atoms. The van der Waals surface area contributed by atoms with Crippen LogP contribution < -0.4 is 5.32 Å². The summed E-state index contributed by atoms with van der Waals surface area (Å²) in [6, 6.07) is 13.5. The number of rotatable bonds is 5. The molecule has 0 aliphatic carbocycles. The molecule has 34 heavy (non-hydrogen) atoms. The second-order valence-corrected chi connectivity index (χ2v) is 10.7. The third-order valence-electron chi connectivity index (χ3n) is 5.99. The Morgan fingerprint density at radius 2 is 2.00 bits per heavy atom. The van der Waals surface area contributed by atoms with Gasteiger partial charge in [-0.2, -0.15) is 0 Å². The van der Waals surface area contributed by atoms with E-state index >= 15 is 0 Å². The summed E-state index contributed by atoms with van der Waals surface area (Å²) >= 11 is 3.23. The number of thioether (sulfide) groups is 1. The zero-order valence-corrected chi connectivity index (χ0v) is 20.9. The van der Waals surface area contributed by atoms with Gasteiger partial charge in [0.1, 0.15) is 11.3 Å². The molecule has 0 bridgehead atoms. The molecule has 0 saturated carbocycles. The summed E-state index contributed by atoms with van der Waals surface area (Å²) in [7, 11) is 0. The van der Waals surface area contributed by atoms with Gasteiger partial charge in [-0.15, -0.1) is 23.1 Å². The second-order valence-electron chi connectivity index (χ2n) is 8.52. The fraction of sp³-hybridized carbons (Fsp3) is 0.269. The molecule has 2 aromatic heterocycles. The van der Waals surface area contributed by atoms with Crippen LogP contribution in [0.5, 0.6) is 0 Å². The molecule has 0 radical (unpaired) electrons. The summed E-state index contributed by atoms with van der Waals surface area (Å²) in [6.45, 7) is 6.28. The number of hydrogen-bond donors (Lipinski definition) is 1. The number of aryl methyl sites for hydroxylation is 3. The largest absolute Gasteiger partial charge is 0.464 e. The lowest BCUT2D eigenvalue weighted by atomic mass is 10.1. The highest BCUT2D eigenvalue weighted by Crippen LogP contribution is 2.33. The van der Waals surface area contributed by atoms with Crippen molar-refractivity contribution in [2.24, 2.45) is 0 Å². The van der Waals surface area contributed by atoms with Crippen LogP contribution in [0, 0.1) is 20.8 Å². The normalized spacial score (nSPS) is 15.7. The molecule has 5 rings (SSSR count). The van der Waals surface area contributed by atoms with E-state index in [9.17, 15) is 9.59 Å². The first-order valence-corrected chi connectivity index (χ1v) is 13.1. The Hall–Kier alpha value is -3.10. The van der Waals surface area contributed by atoms with E-state index in [1.54, 1.807) is 24.1 Å². The number of amides is 2. The quantitative estimate of drug-likeness (QED) is 0.403. The van der Waals surface area contributed by atoms with Crippen molar-refractivity contribution in [1.29, 1.82) is 0 Å². The van der Waals surface area contributed by atoms with Crippen LogP contribution in [0.15, 0.2) is 53.1 Å². The van der Waals surface area contributed by atoms with E-state index in [4.69, 9.17) is 4.42 Å². The zero-order chi connectivity index (χ0) is 23.8. The predicted molar refractivity (Wildman–Crippen MR) is 138 cm³/mol. The summed E-state index contributed by atoms with van der Waals surface area (Å²) in [5, 5.41) is 4.73. The maximum Gasteiger partial charge on any atom is 0.275 e. The Morgan fingerprint density at radius 1 is 1.18 bits per heavy atom. The van der Waals surface area contributed by atoms with Crippen LogP contribution in [0.1, 0.15) is 37.0 Å². The SMILES string of the molecule is Cc1cccc(-c2sc(C)nc2C(=O)N2CSC[C@H]2CNC(=O)c2cccc3occ(C)c23)c1. The minimum Gasteiger partial charge on any atom is -0.464 e. The highest BCUT2D eigenvalue weighted by Gasteiger charge is 2.33. The molecule has 1 atom stereocenters.